The van der Waals surface area contributed by atoms with Crippen LogP contribution in [-0.4, -0.2) is 36.0 Å². The van der Waals surface area contributed by atoms with Gasteiger partial charge in [-0.25, -0.2) is 13.4 Å². The van der Waals surface area contributed by atoms with Gasteiger partial charge in [0.15, 0.2) is 15.7 Å². The lowest BCUT2D eigenvalue weighted by atomic mass is 10.1. The number of thiazole rings is 1. The Hall–Kier alpha value is -2.71. The number of aromatic amines is 1. The smallest absolute Gasteiger partial charge is 0.198 e. The molecule has 8 heteroatoms. The van der Waals surface area contributed by atoms with Gasteiger partial charge in [0.25, 0.3) is 0 Å². The fourth-order valence-electron chi connectivity index (χ4n) is 2.67. The second-order valence-electron chi connectivity index (χ2n) is 5.60. The molecule has 0 aliphatic rings. The number of rotatable bonds is 3. The van der Waals surface area contributed by atoms with Gasteiger partial charge in [0.2, 0.25) is 0 Å². The van der Waals surface area contributed by atoms with Gasteiger partial charge in [-0.3, -0.25) is 4.99 Å². The minimum atomic E-state index is -3.24. The first-order valence-corrected chi connectivity index (χ1v) is 10.1. The van der Waals surface area contributed by atoms with Crippen molar-refractivity contribution in [2.75, 3.05) is 6.26 Å². The van der Waals surface area contributed by atoms with Crippen molar-refractivity contribution in [3.63, 3.8) is 0 Å². The average Bonchev–Trinajstić information content (AvgIpc) is 3.15. The third-order valence-electron chi connectivity index (χ3n) is 3.89. The van der Waals surface area contributed by atoms with E-state index < -0.39 is 9.84 Å². The Labute approximate surface area is 147 Å². The van der Waals surface area contributed by atoms with Crippen molar-refractivity contribution in [2.45, 2.75) is 4.90 Å². The summed E-state index contributed by atoms with van der Waals surface area (Å²) in [7, 11) is -3.24. The summed E-state index contributed by atoms with van der Waals surface area (Å²) in [5, 5.41) is 11.0. The van der Waals surface area contributed by atoms with E-state index >= 15 is 0 Å². The van der Waals surface area contributed by atoms with Crippen LogP contribution < -0.4 is 0 Å². The van der Waals surface area contributed by atoms with Gasteiger partial charge in [-0.15, -0.1) is 11.3 Å². The molecule has 25 heavy (non-hydrogen) atoms. The minimum absolute atomic E-state index is 0.0204. The third-order valence-corrected chi connectivity index (χ3v) is 5.81. The molecule has 0 amide bonds. The Morgan fingerprint density at radius 2 is 1.96 bits per heavy atom. The second kappa shape index (κ2) is 5.68. The van der Waals surface area contributed by atoms with Crippen LogP contribution in [0.15, 0.2) is 51.8 Å². The van der Waals surface area contributed by atoms with Crippen molar-refractivity contribution in [3.8, 4) is 5.88 Å². The maximum atomic E-state index is 11.5. The van der Waals surface area contributed by atoms with E-state index in [2.05, 4.69) is 15.0 Å². The van der Waals surface area contributed by atoms with E-state index in [1.165, 1.54) is 23.5 Å². The van der Waals surface area contributed by atoms with Gasteiger partial charge < -0.3 is 10.1 Å². The number of aromatic hydroxyl groups is 1. The number of nitrogens with one attached hydrogen (secondary N) is 1. The number of fused-ring (bicyclic) bond motifs is 3. The molecular formula is C17H13N3O3S2. The van der Waals surface area contributed by atoms with Gasteiger partial charge in [-0.2, -0.15) is 0 Å². The number of sulfone groups is 1. The van der Waals surface area contributed by atoms with Gasteiger partial charge >= 0.3 is 0 Å². The number of nitrogens with zero attached hydrogens (tertiary/aromatic N) is 2. The fourth-order valence-corrected chi connectivity index (χ4v) is 3.98. The zero-order valence-electron chi connectivity index (χ0n) is 13.1. The van der Waals surface area contributed by atoms with E-state index in [1.807, 2.05) is 12.1 Å². The topological polar surface area (TPSA) is 95.4 Å². The largest absolute Gasteiger partial charge is 0.494 e. The van der Waals surface area contributed by atoms with Crippen LogP contribution in [0.5, 0.6) is 5.88 Å². The summed E-state index contributed by atoms with van der Waals surface area (Å²) in [6.45, 7) is 0. The van der Waals surface area contributed by atoms with Crippen LogP contribution in [0.4, 0.5) is 5.69 Å². The average molecular weight is 371 g/mol. The second-order valence-corrected chi connectivity index (χ2v) is 8.50. The van der Waals surface area contributed by atoms with E-state index in [0.29, 0.717) is 11.3 Å². The molecule has 2 N–H and O–H groups in total. The molecule has 0 unspecified atom stereocenters. The van der Waals surface area contributed by atoms with Gasteiger partial charge in [0.1, 0.15) is 0 Å². The summed E-state index contributed by atoms with van der Waals surface area (Å²) < 4.78 is 24.0. The Morgan fingerprint density at radius 3 is 2.68 bits per heavy atom. The fraction of sp³-hybridized carbons (Fsp3) is 0.0588. The predicted octanol–water partition coefficient (Wildman–Crippen LogP) is 3.64. The summed E-state index contributed by atoms with van der Waals surface area (Å²) in [6.07, 6.45) is 2.72. The molecule has 0 aliphatic heterocycles. The molecule has 0 fully saturated rings. The molecule has 0 atom stereocenters. The zero-order chi connectivity index (χ0) is 17.6. The monoisotopic (exact) mass is 371 g/mol. The Bertz CT molecular complexity index is 1220. The number of hydrogen-bond acceptors (Lipinski definition) is 6. The highest BCUT2D eigenvalue weighted by Gasteiger charge is 2.14. The van der Waals surface area contributed by atoms with Crippen LogP contribution >= 0.6 is 11.3 Å². The number of benzene rings is 2. The van der Waals surface area contributed by atoms with Gasteiger partial charge in [0, 0.05) is 17.9 Å². The van der Waals surface area contributed by atoms with E-state index in [4.69, 9.17) is 0 Å². The molecule has 0 saturated carbocycles. The molecule has 0 spiro atoms. The molecule has 6 nitrogen and oxygen atoms in total. The summed E-state index contributed by atoms with van der Waals surface area (Å²) in [6, 6.07) is 10.1. The van der Waals surface area contributed by atoms with Crippen molar-refractivity contribution in [2.24, 2.45) is 4.99 Å². The van der Waals surface area contributed by atoms with Crippen LogP contribution in [0.1, 0.15) is 5.56 Å². The number of H-pyrrole nitrogens is 1. The van der Waals surface area contributed by atoms with Gasteiger partial charge in [-0.1, -0.05) is 0 Å². The minimum Gasteiger partial charge on any atom is -0.494 e. The number of hydrogen-bond donors (Lipinski definition) is 2. The van der Waals surface area contributed by atoms with E-state index in [1.54, 1.807) is 23.9 Å². The first-order chi connectivity index (χ1) is 11.9. The highest BCUT2D eigenvalue weighted by Crippen LogP contribution is 2.33. The van der Waals surface area contributed by atoms with Crippen LogP contribution in [0, 0.1) is 0 Å². The standard InChI is InChI=1S/C17H13N3O3S2/c1-25(22,23)11-4-2-10(3-5-11)18-8-12-15-13(20-17(12)21)6-7-14-16(15)19-9-24-14/h2-9,20-21H,1H3. The summed E-state index contributed by atoms with van der Waals surface area (Å²) >= 11 is 1.53. The van der Waals surface area contributed by atoms with Crippen LogP contribution in [0.3, 0.4) is 0 Å². The van der Waals surface area contributed by atoms with Gasteiger partial charge in [-0.05, 0) is 36.4 Å². The van der Waals surface area contributed by atoms with Crippen LogP contribution in [0.25, 0.3) is 21.1 Å². The Morgan fingerprint density at radius 1 is 1.20 bits per heavy atom. The normalized spacial score (nSPS) is 12.5. The lowest BCUT2D eigenvalue weighted by Gasteiger charge is -1.99. The van der Waals surface area contributed by atoms with E-state index in [0.717, 1.165) is 27.4 Å². The molecule has 2 aromatic heterocycles. The molecule has 4 rings (SSSR count). The molecule has 2 heterocycles. The highest BCUT2D eigenvalue weighted by atomic mass is 32.2. The van der Waals surface area contributed by atoms with Crippen molar-refractivity contribution in [1.29, 1.82) is 0 Å². The van der Waals surface area contributed by atoms with Crippen LogP contribution in [0.2, 0.25) is 0 Å². The zero-order valence-corrected chi connectivity index (χ0v) is 14.7. The molecule has 0 bridgehead atoms. The Balaban J connectivity index is 1.79. The molecule has 0 radical (unpaired) electrons. The number of aromatic nitrogens is 2. The highest BCUT2D eigenvalue weighted by molar-refractivity contribution is 7.90. The first kappa shape index (κ1) is 15.8. The van der Waals surface area contributed by atoms with Crippen molar-refractivity contribution in [3.05, 3.63) is 47.5 Å². The predicted molar refractivity (Wildman–Crippen MR) is 99.9 cm³/mol. The Kier molecular flexibility index (Phi) is 3.59. The maximum absolute atomic E-state index is 11.5. The van der Waals surface area contributed by atoms with E-state index in [-0.39, 0.29) is 10.8 Å². The third kappa shape index (κ3) is 2.79. The van der Waals surface area contributed by atoms with Crippen LogP contribution in [-0.2, 0) is 9.84 Å². The van der Waals surface area contributed by atoms with Crippen molar-refractivity contribution in [1.82, 2.24) is 9.97 Å². The maximum Gasteiger partial charge on any atom is 0.198 e. The molecule has 0 saturated heterocycles. The lowest BCUT2D eigenvalue weighted by Crippen LogP contribution is -1.95. The molecule has 4 aromatic rings. The summed E-state index contributed by atoms with van der Waals surface area (Å²) in [5.41, 5.74) is 4.50. The summed E-state index contributed by atoms with van der Waals surface area (Å²) in [4.78, 5) is 11.9. The quantitative estimate of drug-likeness (QED) is 0.538. The molecule has 0 aliphatic carbocycles. The van der Waals surface area contributed by atoms with Gasteiger partial charge in [0.05, 0.1) is 37.4 Å². The molecule has 2 aromatic carbocycles. The molecular weight excluding hydrogens is 358 g/mol. The first-order valence-electron chi connectivity index (χ1n) is 7.34. The SMILES string of the molecule is CS(=O)(=O)c1ccc(N=Cc2c(O)[nH]c3ccc4scnc4c23)cc1. The van der Waals surface area contributed by atoms with Crippen molar-refractivity contribution >= 4 is 54.2 Å². The van der Waals surface area contributed by atoms with E-state index in [9.17, 15) is 13.5 Å². The lowest BCUT2D eigenvalue weighted by molar-refractivity contribution is 0.457. The number of aliphatic imine (C=N–C) groups is 1. The summed E-state index contributed by atoms with van der Waals surface area (Å²) in [5.74, 6) is 0.0204. The van der Waals surface area contributed by atoms with Crippen molar-refractivity contribution < 1.29 is 13.5 Å². The molecule has 126 valence electrons.